The van der Waals surface area contributed by atoms with E-state index in [-0.39, 0.29) is 28.1 Å². The van der Waals surface area contributed by atoms with Crippen molar-refractivity contribution < 1.29 is 42.9 Å². The Kier molecular flexibility index (Phi) is 10.6. The van der Waals surface area contributed by atoms with Gasteiger partial charge in [-0.25, -0.2) is 24.2 Å². The Bertz CT molecular complexity index is 2220. The summed E-state index contributed by atoms with van der Waals surface area (Å²) in [6.45, 7) is -0.457. The first kappa shape index (κ1) is 35.1. The molecule has 266 valence electrons. The monoisotopic (exact) mass is 730 g/mol. The number of fused-ring (bicyclic) bond motifs is 1. The van der Waals surface area contributed by atoms with E-state index >= 15 is 0 Å². The number of imidazole rings is 1. The lowest BCUT2D eigenvalue weighted by Gasteiger charge is -2.44. The molecule has 5 aromatic carbocycles. The first-order valence-corrected chi connectivity index (χ1v) is 17.0. The maximum absolute atomic E-state index is 13.8. The Labute approximate surface area is 308 Å². The summed E-state index contributed by atoms with van der Waals surface area (Å²) in [7, 11) is 0. The van der Waals surface area contributed by atoms with Crippen LogP contribution >= 0.6 is 11.6 Å². The zero-order valence-corrected chi connectivity index (χ0v) is 28.6. The number of hydrogen-bond acceptors (Lipinski definition) is 10. The van der Waals surface area contributed by atoms with Crippen molar-refractivity contribution >= 4 is 46.5 Å². The van der Waals surface area contributed by atoms with Gasteiger partial charge >= 0.3 is 23.9 Å². The summed E-state index contributed by atoms with van der Waals surface area (Å²) in [5, 5.41) is 0.442. The largest absolute Gasteiger partial charge is 0.459 e. The van der Waals surface area contributed by atoms with E-state index in [4.69, 9.17) is 40.3 Å². The van der Waals surface area contributed by atoms with Crippen LogP contribution in [0.1, 0.15) is 53.4 Å². The highest BCUT2D eigenvalue weighted by atomic mass is 35.5. The Hall–Kier alpha value is -6.30. The third-order valence-corrected chi connectivity index (χ3v) is 8.75. The molecule has 0 unspecified atom stereocenters. The van der Waals surface area contributed by atoms with Gasteiger partial charge in [0.05, 0.1) is 33.3 Å². The fourth-order valence-electron chi connectivity index (χ4n) is 5.92. The maximum atomic E-state index is 13.8. The van der Waals surface area contributed by atoms with Crippen LogP contribution in [-0.4, -0.2) is 64.9 Å². The smallest absolute Gasteiger partial charge is 0.338 e. The van der Waals surface area contributed by atoms with E-state index < -0.39 is 61.0 Å². The zero-order chi connectivity index (χ0) is 36.7. The number of nitrogens with zero attached hydrogens (tertiary/aromatic N) is 1. The van der Waals surface area contributed by atoms with Gasteiger partial charge in [0.15, 0.2) is 24.4 Å². The predicted molar refractivity (Wildman–Crippen MR) is 192 cm³/mol. The molecule has 0 radical (unpaired) electrons. The number of benzene rings is 5. The van der Waals surface area contributed by atoms with Gasteiger partial charge in [-0.2, -0.15) is 0 Å². The van der Waals surface area contributed by atoms with E-state index in [0.717, 1.165) is 0 Å². The number of H-pyrrole nitrogens is 1. The highest BCUT2D eigenvalue weighted by molar-refractivity contribution is 6.31. The molecule has 1 fully saturated rings. The summed E-state index contributed by atoms with van der Waals surface area (Å²) in [5.74, 6) is -2.85. The van der Waals surface area contributed by atoms with Gasteiger partial charge in [-0.1, -0.05) is 84.4 Å². The van der Waals surface area contributed by atoms with Crippen LogP contribution in [0.15, 0.2) is 140 Å². The SMILES string of the molecule is O=C(OC[C@H]1O[C@@H](c2nc3ccc(Cl)cc3[nH]2)[C@H](OC(=O)c2ccccc2)[C@@H](OC(=O)c2ccccc2)[C@@H]1OC(=O)c1ccccc1)c1ccccc1. The molecule has 11 nitrogen and oxygen atoms in total. The summed E-state index contributed by atoms with van der Waals surface area (Å²) in [4.78, 5) is 62.4. The van der Waals surface area contributed by atoms with Crippen LogP contribution in [0.3, 0.4) is 0 Å². The summed E-state index contributed by atoms with van der Waals surface area (Å²) in [6, 6.07) is 37.9. The lowest BCUT2D eigenvalue weighted by molar-refractivity contribution is -0.233. The zero-order valence-electron chi connectivity index (χ0n) is 27.9. The highest BCUT2D eigenvalue weighted by Gasteiger charge is 2.54. The van der Waals surface area contributed by atoms with Crippen LogP contribution in [0.2, 0.25) is 5.02 Å². The topological polar surface area (TPSA) is 143 Å². The molecule has 1 N–H and O–H groups in total. The van der Waals surface area contributed by atoms with E-state index in [1.807, 2.05) is 0 Å². The molecule has 12 heteroatoms. The molecule has 0 bridgehead atoms. The second kappa shape index (κ2) is 15.9. The first-order chi connectivity index (χ1) is 25.8. The van der Waals surface area contributed by atoms with Gasteiger partial charge < -0.3 is 28.7 Å². The van der Waals surface area contributed by atoms with Crippen LogP contribution in [0.4, 0.5) is 0 Å². The average Bonchev–Trinajstić information content (AvgIpc) is 3.62. The highest BCUT2D eigenvalue weighted by Crippen LogP contribution is 2.38. The normalized spacial score (nSPS) is 19.5. The molecule has 1 aliphatic heterocycles. The van der Waals surface area contributed by atoms with Crippen molar-refractivity contribution in [2.75, 3.05) is 6.61 Å². The molecule has 5 atom stereocenters. The number of ether oxygens (including phenoxy) is 5. The van der Waals surface area contributed by atoms with E-state index in [9.17, 15) is 19.2 Å². The van der Waals surface area contributed by atoms with Gasteiger partial charge in [0.1, 0.15) is 18.5 Å². The number of halogens is 1. The third kappa shape index (κ3) is 8.12. The average molecular weight is 731 g/mol. The molecule has 0 amide bonds. The number of esters is 4. The van der Waals surface area contributed by atoms with Crippen molar-refractivity contribution in [1.82, 2.24) is 9.97 Å². The van der Waals surface area contributed by atoms with Gasteiger partial charge in [-0.05, 0) is 66.7 Å². The van der Waals surface area contributed by atoms with E-state index in [0.29, 0.717) is 16.1 Å². The fourth-order valence-corrected chi connectivity index (χ4v) is 6.10. The minimum absolute atomic E-state index is 0.182. The van der Waals surface area contributed by atoms with Crippen LogP contribution in [-0.2, 0) is 23.7 Å². The maximum Gasteiger partial charge on any atom is 0.338 e. The minimum atomic E-state index is -1.51. The Morgan fingerprint density at radius 3 is 1.55 bits per heavy atom. The molecule has 0 saturated carbocycles. The lowest BCUT2D eigenvalue weighted by atomic mass is 9.93. The van der Waals surface area contributed by atoms with E-state index in [1.54, 1.807) is 140 Å². The molecule has 1 aromatic heterocycles. The molecular formula is C41H31ClN2O9. The quantitative estimate of drug-likeness (QED) is 0.114. The number of carbonyl (C=O) groups is 4. The van der Waals surface area contributed by atoms with Crippen LogP contribution in [0, 0.1) is 0 Å². The van der Waals surface area contributed by atoms with Gasteiger partial charge in [0.2, 0.25) is 0 Å². The van der Waals surface area contributed by atoms with E-state index in [2.05, 4.69) is 4.98 Å². The molecule has 7 rings (SSSR count). The summed E-state index contributed by atoms with van der Waals surface area (Å²) in [6.07, 6.45) is -6.98. The van der Waals surface area contributed by atoms with Crippen LogP contribution < -0.4 is 0 Å². The van der Waals surface area contributed by atoms with Gasteiger partial charge in [-0.15, -0.1) is 0 Å². The van der Waals surface area contributed by atoms with Crippen molar-refractivity contribution in [3.63, 3.8) is 0 Å². The summed E-state index contributed by atoms with van der Waals surface area (Å²) < 4.78 is 30.7. The molecule has 1 saturated heterocycles. The Morgan fingerprint density at radius 2 is 1.04 bits per heavy atom. The van der Waals surface area contributed by atoms with Gasteiger partial charge in [0.25, 0.3) is 0 Å². The number of aromatic nitrogens is 2. The van der Waals surface area contributed by atoms with Crippen molar-refractivity contribution in [1.29, 1.82) is 0 Å². The number of carbonyl (C=O) groups excluding carboxylic acids is 4. The fraction of sp³-hybridized carbons (Fsp3) is 0.146. The van der Waals surface area contributed by atoms with Gasteiger partial charge in [-0.3, -0.25) is 0 Å². The minimum Gasteiger partial charge on any atom is -0.459 e. The van der Waals surface area contributed by atoms with Gasteiger partial charge in [0, 0.05) is 5.02 Å². The van der Waals surface area contributed by atoms with Crippen LogP contribution in [0.5, 0.6) is 0 Å². The molecule has 53 heavy (non-hydrogen) atoms. The molecule has 0 spiro atoms. The van der Waals surface area contributed by atoms with Crippen molar-refractivity contribution in [3.8, 4) is 0 Å². The number of hydrogen-bond donors (Lipinski definition) is 1. The molecular weight excluding hydrogens is 700 g/mol. The third-order valence-electron chi connectivity index (χ3n) is 8.51. The predicted octanol–water partition coefficient (Wildman–Crippen LogP) is 7.19. The second-order valence-electron chi connectivity index (χ2n) is 12.1. The molecule has 6 aromatic rings. The lowest BCUT2D eigenvalue weighted by Crippen LogP contribution is -2.60. The first-order valence-electron chi connectivity index (χ1n) is 16.6. The molecule has 2 heterocycles. The second-order valence-corrected chi connectivity index (χ2v) is 12.5. The Morgan fingerprint density at radius 1 is 0.585 bits per heavy atom. The number of rotatable bonds is 10. The van der Waals surface area contributed by atoms with E-state index in [1.165, 1.54) is 0 Å². The van der Waals surface area contributed by atoms with Crippen molar-refractivity contribution in [3.05, 3.63) is 173 Å². The molecule has 1 aliphatic rings. The summed E-state index contributed by atoms with van der Waals surface area (Å²) >= 11 is 6.28. The standard InChI is InChI=1S/C41H31ClN2O9/c42-29-21-22-30-31(23-29)44-37(43-30)36-35(53-41(48)28-19-11-4-12-20-28)34(52-40(47)27-17-9-3-10-18-27)33(51-39(46)26-15-7-2-8-16-26)32(50-36)24-49-38(45)25-13-5-1-6-14-25/h1-23,32-36H,24H2,(H,43,44)/t32-,33-,34+,35-,36-/m1/s1. The summed E-state index contributed by atoms with van der Waals surface area (Å²) in [5.41, 5.74) is 1.91. The van der Waals surface area contributed by atoms with Crippen molar-refractivity contribution in [2.45, 2.75) is 30.5 Å². The number of nitrogens with one attached hydrogen (secondary N) is 1. The molecule has 0 aliphatic carbocycles. The number of aromatic amines is 1. The Balaban J connectivity index is 1.34. The van der Waals surface area contributed by atoms with Crippen molar-refractivity contribution in [2.24, 2.45) is 0 Å². The van der Waals surface area contributed by atoms with Crippen LogP contribution in [0.25, 0.3) is 11.0 Å².